The molecular weight excluding hydrogens is 468 g/mol. The van der Waals surface area contributed by atoms with Crippen LogP contribution in [0.2, 0.25) is 0 Å². The number of non-ortho nitro benzene ring substituents is 1. The third-order valence-corrected chi connectivity index (χ3v) is 5.90. The summed E-state index contributed by atoms with van der Waals surface area (Å²) in [4.78, 5) is 32.0. The van der Waals surface area contributed by atoms with Crippen LogP contribution >= 0.6 is 23.7 Å². The molecule has 2 heterocycles. The van der Waals surface area contributed by atoms with Gasteiger partial charge in [-0.2, -0.15) is 0 Å². The molecule has 0 saturated carbocycles. The van der Waals surface area contributed by atoms with Crippen molar-refractivity contribution >= 4 is 56.8 Å². The summed E-state index contributed by atoms with van der Waals surface area (Å²) in [5.41, 5.74) is 1.30. The van der Waals surface area contributed by atoms with Crippen molar-refractivity contribution in [3.63, 3.8) is 0 Å². The van der Waals surface area contributed by atoms with E-state index < -0.39 is 4.92 Å². The molecule has 1 aliphatic heterocycles. The molecule has 0 saturated heterocycles. The van der Waals surface area contributed by atoms with Crippen LogP contribution in [0, 0.1) is 10.1 Å². The van der Waals surface area contributed by atoms with Gasteiger partial charge in [0.05, 0.1) is 15.1 Å². The van der Waals surface area contributed by atoms with Gasteiger partial charge in [0.2, 0.25) is 6.79 Å². The molecule has 1 aromatic heterocycles. The summed E-state index contributed by atoms with van der Waals surface area (Å²) in [7, 11) is 3.96. The summed E-state index contributed by atoms with van der Waals surface area (Å²) in [6, 6.07) is 9.84. The van der Waals surface area contributed by atoms with Gasteiger partial charge in [0.15, 0.2) is 16.6 Å². The average Bonchev–Trinajstić information content (AvgIpc) is 3.39. The quantitative estimate of drug-likeness (QED) is 0.263. The zero-order chi connectivity index (χ0) is 22.7. The lowest BCUT2D eigenvalue weighted by Gasteiger charge is -2.19. The number of benzene rings is 2. The van der Waals surface area contributed by atoms with E-state index in [0.29, 0.717) is 28.7 Å². The molecule has 3 aromatic rings. The Morgan fingerprint density at radius 3 is 2.70 bits per heavy atom. The van der Waals surface area contributed by atoms with Crippen molar-refractivity contribution in [2.75, 3.05) is 38.9 Å². The maximum absolute atomic E-state index is 13.1. The van der Waals surface area contributed by atoms with E-state index in [1.165, 1.54) is 29.5 Å². The lowest BCUT2D eigenvalue weighted by Crippen LogP contribution is -2.32. The number of halogens is 1. The third-order valence-electron chi connectivity index (χ3n) is 4.85. The van der Waals surface area contributed by atoms with Gasteiger partial charge >= 0.3 is 0 Å². The number of nitrogens with zero attached hydrogens (tertiary/aromatic N) is 4. The second-order valence-corrected chi connectivity index (χ2v) is 8.51. The van der Waals surface area contributed by atoms with E-state index in [-0.39, 0.29) is 30.8 Å². The summed E-state index contributed by atoms with van der Waals surface area (Å²) < 4.78 is 11.8. The molecule has 0 spiro atoms. The molecule has 0 radical (unpaired) electrons. The normalized spacial score (nSPS) is 12.3. The molecule has 4 rings (SSSR count). The number of hydrogen-bond acceptors (Lipinski definition) is 8. The van der Waals surface area contributed by atoms with E-state index in [2.05, 4.69) is 9.88 Å². The fourth-order valence-corrected chi connectivity index (χ4v) is 4.27. The number of anilines is 1. The Morgan fingerprint density at radius 1 is 1.21 bits per heavy atom. The minimum Gasteiger partial charge on any atom is -0.454 e. The fourth-order valence-electron chi connectivity index (χ4n) is 3.27. The van der Waals surface area contributed by atoms with Gasteiger partial charge < -0.3 is 14.4 Å². The first kappa shape index (κ1) is 24.4. The molecule has 174 valence electrons. The Hall–Kier alpha value is -3.21. The second kappa shape index (κ2) is 10.6. The summed E-state index contributed by atoms with van der Waals surface area (Å²) in [5, 5.41) is 11.6. The van der Waals surface area contributed by atoms with Crippen molar-refractivity contribution in [2.24, 2.45) is 0 Å². The van der Waals surface area contributed by atoms with Crippen molar-refractivity contribution in [1.29, 1.82) is 0 Å². The number of nitro benzene ring substituents is 1. The molecule has 0 aliphatic carbocycles. The van der Waals surface area contributed by atoms with Crippen LogP contribution in [0.25, 0.3) is 16.3 Å². The predicted molar refractivity (Wildman–Crippen MR) is 131 cm³/mol. The van der Waals surface area contributed by atoms with Crippen LogP contribution in [-0.4, -0.2) is 54.7 Å². The van der Waals surface area contributed by atoms with Gasteiger partial charge in [0.1, 0.15) is 0 Å². The highest BCUT2D eigenvalue weighted by atomic mass is 35.5. The SMILES string of the molecule is CN(C)CCCN(C(=O)C=Cc1cccc([N+](=O)[O-])c1)c1nc2cc3c(cc2s1)OCO3.Cl. The lowest BCUT2D eigenvalue weighted by molar-refractivity contribution is -0.384. The number of fused-ring (bicyclic) bond motifs is 2. The van der Waals surface area contributed by atoms with E-state index in [1.54, 1.807) is 23.1 Å². The van der Waals surface area contributed by atoms with E-state index in [9.17, 15) is 14.9 Å². The molecule has 11 heteroatoms. The molecular formula is C22H23ClN4O5S. The number of hydrogen-bond donors (Lipinski definition) is 0. The Bertz CT molecular complexity index is 1160. The zero-order valence-electron chi connectivity index (χ0n) is 18.1. The molecule has 0 bridgehead atoms. The van der Waals surface area contributed by atoms with E-state index in [4.69, 9.17) is 9.47 Å². The van der Waals surface area contributed by atoms with Gasteiger partial charge in [0, 0.05) is 36.9 Å². The number of carbonyl (C=O) groups is 1. The highest BCUT2D eigenvalue weighted by Crippen LogP contribution is 2.39. The van der Waals surface area contributed by atoms with Crippen molar-refractivity contribution < 1.29 is 19.2 Å². The smallest absolute Gasteiger partial charge is 0.270 e. The summed E-state index contributed by atoms with van der Waals surface area (Å²) in [6.45, 7) is 1.50. The van der Waals surface area contributed by atoms with Crippen molar-refractivity contribution in [1.82, 2.24) is 9.88 Å². The van der Waals surface area contributed by atoms with Crippen LogP contribution in [-0.2, 0) is 4.79 Å². The van der Waals surface area contributed by atoms with Crippen LogP contribution in [0.3, 0.4) is 0 Å². The summed E-state index contributed by atoms with van der Waals surface area (Å²) >= 11 is 1.41. The first-order chi connectivity index (χ1) is 15.4. The van der Waals surface area contributed by atoms with E-state index in [0.717, 1.165) is 23.2 Å². The molecule has 0 unspecified atom stereocenters. The Balaban J connectivity index is 0.00000306. The minimum atomic E-state index is -0.460. The maximum Gasteiger partial charge on any atom is 0.270 e. The molecule has 2 aromatic carbocycles. The molecule has 0 fully saturated rings. The third kappa shape index (κ3) is 5.78. The topological polar surface area (TPSA) is 98.0 Å². The minimum absolute atomic E-state index is 0. The standard InChI is InChI=1S/C22H22N4O5S.ClH/c1-24(2)9-4-10-25(21(27)8-7-15-5-3-6-16(11-15)26(28)29)22-23-17-12-18-19(31-14-30-18)13-20(17)32-22;/h3,5-8,11-13H,4,9-10,14H2,1-2H3;1H. The summed E-state index contributed by atoms with van der Waals surface area (Å²) in [5.74, 6) is 1.07. The Kier molecular flexibility index (Phi) is 7.85. The number of aromatic nitrogens is 1. The number of amides is 1. The van der Waals surface area contributed by atoms with Crippen LogP contribution in [0.4, 0.5) is 10.8 Å². The van der Waals surface area contributed by atoms with Gasteiger partial charge in [-0.3, -0.25) is 19.8 Å². The van der Waals surface area contributed by atoms with Crippen LogP contribution in [0.5, 0.6) is 11.5 Å². The molecule has 9 nitrogen and oxygen atoms in total. The van der Waals surface area contributed by atoms with Gasteiger partial charge in [-0.15, -0.1) is 12.4 Å². The van der Waals surface area contributed by atoms with Crippen molar-refractivity contribution in [3.8, 4) is 11.5 Å². The number of thiazole rings is 1. The summed E-state index contributed by atoms with van der Waals surface area (Å²) in [6.07, 6.45) is 3.77. The fraction of sp³-hybridized carbons (Fsp3) is 0.273. The average molecular weight is 491 g/mol. The highest BCUT2D eigenvalue weighted by molar-refractivity contribution is 7.22. The van der Waals surface area contributed by atoms with Crippen LogP contribution < -0.4 is 14.4 Å². The number of carbonyl (C=O) groups excluding carboxylic acids is 1. The van der Waals surface area contributed by atoms with Gasteiger partial charge in [0.25, 0.3) is 11.6 Å². The van der Waals surface area contributed by atoms with Gasteiger partial charge in [-0.25, -0.2) is 4.98 Å². The first-order valence-electron chi connectivity index (χ1n) is 9.99. The predicted octanol–water partition coefficient (Wildman–Crippen LogP) is 4.35. The van der Waals surface area contributed by atoms with Gasteiger partial charge in [-0.05, 0) is 38.7 Å². The monoisotopic (exact) mass is 490 g/mol. The van der Waals surface area contributed by atoms with E-state index in [1.807, 2.05) is 26.2 Å². The molecule has 0 N–H and O–H groups in total. The number of rotatable bonds is 8. The number of nitro groups is 1. The first-order valence-corrected chi connectivity index (χ1v) is 10.8. The van der Waals surface area contributed by atoms with Crippen molar-refractivity contribution in [3.05, 3.63) is 58.2 Å². The van der Waals surface area contributed by atoms with Crippen molar-refractivity contribution in [2.45, 2.75) is 6.42 Å². The Labute approximate surface area is 200 Å². The van der Waals surface area contributed by atoms with Crippen LogP contribution in [0.15, 0.2) is 42.5 Å². The molecule has 33 heavy (non-hydrogen) atoms. The highest BCUT2D eigenvalue weighted by Gasteiger charge is 2.21. The van der Waals surface area contributed by atoms with Gasteiger partial charge in [-0.1, -0.05) is 23.5 Å². The zero-order valence-corrected chi connectivity index (χ0v) is 19.7. The Morgan fingerprint density at radius 2 is 1.97 bits per heavy atom. The largest absolute Gasteiger partial charge is 0.454 e. The molecule has 0 atom stereocenters. The van der Waals surface area contributed by atoms with E-state index >= 15 is 0 Å². The maximum atomic E-state index is 13.1. The molecule has 1 amide bonds. The second-order valence-electron chi connectivity index (χ2n) is 7.50. The number of ether oxygens (including phenoxy) is 2. The van der Waals surface area contributed by atoms with Crippen LogP contribution in [0.1, 0.15) is 12.0 Å². The lowest BCUT2D eigenvalue weighted by atomic mass is 10.2. The molecule has 1 aliphatic rings.